The second-order valence-corrected chi connectivity index (χ2v) is 9.43. The van der Waals surface area contributed by atoms with E-state index in [-0.39, 0.29) is 5.91 Å². The molecule has 0 bridgehead atoms. The van der Waals surface area contributed by atoms with E-state index in [1.807, 2.05) is 12.1 Å². The van der Waals surface area contributed by atoms with Gasteiger partial charge in [-0.2, -0.15) is 0 Å². The molecule has 2 fully saturated rings. The number of aromatic nitrogens is 1. The molecule has 2 atom stereocenters. The molecule has 6 nitrogen and oxygen atoms in total. The van der Waals surface area contributed by atoms with E-state index < -0.39 is 6.17 Å². The van der Waals surface area contributed by atoms with Crippen LogP contribution in [0.25, 0.3) is 10.9 Å². The number of benzene rings is 1. The van der Waals surface area contributed by atoms with Gasteiger partial charge in [-0.1, -0.05) is 30.9 Å². The average molecular weight is 424 g/mol. The van der Waals surface area contributed by atoms with Crippen LogP contribution in [-0.2, 0) is 0 Å². The molecule has 1 aromatic heterocycles. The third kappa shape index (κ3) is 5.55. The van der Waals surface area contributed by atoms with Crippen molar-refractivity contribution in [1.29, 1.82) is 0 Å². The van der Waals surface area contributed by atoms with Gasteiger partial charge in [-0.15, -0.1) is 0 Å². The molecule has 6 heteroatoms. The van der Waals surface area contributed by atoms with Crippen molar-refractivity contribution in [1.82, 2.24) is 15.6 Å². The van der Waals surface area contributed by atoms with Gasteiger partial charge in [-0.25, -0.2) is 4.98 Å². The first-order chi connectivity index (χ1) is 15.0. The highest BCUT2D eigenvalue weighted by Crippen LogP contribution is 2.27. The zero-order valence-corrected chi connectivity index (χ0v) is 19.0. The topological polar surface area (TPSA) is 83.3 Å². The van der Waals surface area contributed by atoms with Gasteiger partial charge in [-0.05, 0) is 64.2 Å². The quantitative estimate of drug-likeness (QED) is 0.636. The van der Waals surface area contributed by atoms with E-state index in [9.17, 15) is 4.79 Å². The summed E-state index contributed by atoms with van der Waals surface area (Å²) in [6.45, 7) is 5.67. The number of rotatable bonds is 5. The van der Waals surface area contributed by atoms with E-state index in [2.05, 4.69) is 34.6 Å². The number of nitrogens with zero attached hydrogens (tertiary/aromatic N) is 2. The molecular formula is C25H37N5O. The van der Waals surface area contributed by atoms with Crippen LogP contribution in [-0.4, -0.2) is 42.2 Å². The van der Waals surface area contributed by atoms with E-state index >= 15 is 0 Å². The number of amides is 1. The highest BCUT2D eigenvalue weighted by Gasteiger charge is 2.25. The SMILES string of the molecule is Cc1ccc2nc(N3CCCC(NC4CCCCC4)CC3)c(C(=O)NC(C)N)cc2c1. The third-order valence-electron chi connectivity index (χ3n) is 6.66. The van der Waals surface area contributed by atoms with Gasteiger partial charge in [0.1, 0.15) is 5.82 Å². The lowest BCUT2D eigenvalue weighted by atomic mass is 9.94. The van der Waals surface area contributed by atoms with Crippen LogP contribution in [0, 0.1) is 6.92 Å². The second kappa shape index (κ2) is 9.96. The van der Waals surface area contributed by atoms with Crippen molar-refractivity contribution in [2.75, 3.05) is 18.0 Å². The number of nitrogens with one attached hydrogen (secondary N) is 2. The molecule has 1 saturated heterocycles. The number of carbonyl (C=O) groups is 1. The number of carbonyl (C=O) groups excluding carboxylic acids is 1. The summed E-state index contributed by atoms with van der Waals surface area (Å²) in [6.07, 6.45) is 9.69. The maximum absolute atomic E-state index is 13.0. The summed E-state index contributed by atoms with van der Waals surface area (Å²) >= 11 is 0. The molecule has 1 aliphatic heterocycles. The molecule has 1 aliphatic carbocycles. The van der Waals surface area contributed by atoms with Gasteiger partial charge in [0, 0.05) is 30.6 Å². The molecule has 0 radical (unpaired) electrons. The summed E-state index contributed by atoms with van der Waals surface area (Å²) in [7, 11) is 0. The Labute approximate surface area is 186 Å². The average Bonchev–Trinajstić information content (AvgIpc) is 2.98. The molecule has 0 spiro atoms. The Morgan fingerprint density at radius 2 is 1.81 bits per heavy atom. The van der Waals surface area contributed by atoms with Crippen molar-refractivity contribution in [2.24, 2.45) is 5.73 Å². The first kappa shape index (κ1) is 22.0. The Kier molecular flexibility index (Phi) is 7.08. The van der Waals surface area contributed by atoms with E-state index in [1.54, 1.807) is 6.92 Å². The summed E-state index contributed by atoms with van der Waals surface area (Å²) in [6, 6.07) is 9.42. The van der Waals surface area contributed by atoms with Gasteiger partial charge in [0.15, 0.2) is 0 Å². The Hall–Kier alpha value is -2.18. The molecule has 2 aliphatic rings. The highest BCUT2D eigenvalue weighted by molar-refractivity contribution is 6.02. The highest BCUT2D eigenvalue weighted by atomic mass is 16.1. The number of aryl methyl sites for hydroxylation is 1. The van der Waals surface area contributed by atoms with Gasteiger partial charge in [0.25, 0.3) is 5.91 Å². The van der Waals surface area contributed by atoms with Crippen molar-refractivity contribution in [3.63, 3.8) is 0 Å². The first-order valence-electron chi connectivity index (χ1n) is 12.0. The van der Waals surface area contributed by atoms with Gasteiger partial charge >= 0.3 is 0 Å². The van der Waals surface area contributed by atoms with Crippen molar-refractivity contribution in [3.8, 4) is 0 Å². The van der Waals surface area contributed by atoms with Crippen LogP contribution < -0.4 is 21.3 Å². The third-order valence-corrected chi connectivity index (χ3v) is 6.66. The zero-order valence-electron chi connectivity index (χ0n) is 19.0. The normalized spacial score (nSPS) is 21.6. The molecule has 4 N–H and O–H groups in total. The minimum Gasteiger partial charge on any atom is -0.356 e. The van der Waals surface area contributed by atoms with E-state index in [0.29, 0.717) is 17.6 Å². The van der Waals surface area contributed by atoms with Crippen LogP contribution >= 0.6 is 0 Å². The number of nitrogens with two attached hydrogens (primary N) is 1. The van der Waals surface area contributed by atoms with Gasteiger partial charge in [0.2, 0.25) is 0 Å². The van der Waals surface area contributed by atoms with Gasteiger partial charge in [-0.3, -0.25) is 4.79 Å². The smallest absolute Gasteiger partial charge is 0.256 e. The summed E-state index contributed by atoms with van der Waals surface area (Å²) in [5, 5.41) is 7.77. The Bertz CT molecular complexity index is 906. The maximum Gasteiger partial charge on any atom is 0.256 e. The van der Waals surface area contributed by atoms with Crippen LogP contribution in [0.5, 0.6) is 0 Å². The molecule has 4 rings (SSSR count). The molecule has 2 aromatic rings. The fraction of sp³-hybridized carbons (Fsp3) is 0.600. The van der Waals surface area contributed by atoms with Crippen molar-refractivity contribution in [3.05, 3.63) is 35.4 Å². The lowest BCUT2D eigenvalue weighted by Crippen LogP contribution is -2.41. The Balaban J connectivity index is 1.56. The lowest BCUT2D eigenvalue weighted by Gasteiger charge is -2.28. The molecule has 1 amide bonds. The van der Waals surface area contributed by atoms with Gasteiger partial charge in [0.05, 0.1) is 17.2 Å². The van der Waals surface area contributed by atoms with Crippen LogP contribution in [0.4, 0.5) is 5.82 Å². The van der Waals surface area contributed by atoms with Crippen LogP contribution in [0.15, 0.2) is 24.3 Å². The number of hydrogen-bond donors (Lipinski definition) is 3. The molecule has 168 valence electrons. The Morgan fingerprint density at radius 1 is 1.06 bits per heavy atom. The van der Waals surface area contributed by atoms with E-state index in [1.165, 1.54) is 38.5 Å². The summed E-state index contributed by atoms with van der Waals surface area (Å²) < 4.78 is 0. The summed E-state index contributed by atoms with van der Waals surface area (Å²) in [4.78, 5) is 20.2. The maximum atomic E-state index is 13.0. The Morgan fingerprint density at radius 3 is 2.58 bits per heavy atom. The van der Waals surface area contributed by atoms with Gasteiger partial charge < -0.3 is 21.3 Å². The molecule has 31 heavy (non-hydrogen) atoms. The van der Waals surface area contributed by atoms with E-state index in [4.69, 9.17) is 10.7 Å². The van der Waals surface area contributed by atoms with Crippen LogP contribution in [0.3, 0.4) is 0 Å². The number of fused-ring (bicyclic) bond motifs is 1. The van der Waals surface area contributed by atoms with E-state index in [0.717, 1.165) is 48.2 Å². The van der Waals surface area contributed by atoms with Crippen molar-refractivity contribution >= 4 is 22.6 Å². The standard InChI is InChI=1S/C25H37N5O/c1-17-10-11-23-19(15-17)16-22(25(31)27-18(2)26)24(29-23)30-13-6-9-21(12-14-30)28-20-7-4-3-5-8-20/h10-11,15-16,18,20-21,28H,3-9,12-14,26H2,1-2H3,(H,27,31). The monoisotopic (exact) mass is 423 g/mol. The first-order valence-corrected chi connectivity index (χ1v) is 12.0. The molecule has 1 aromatic carbocycles. The fourth-order valence-corrected chi connectivity index (χ4v) is 5.06. The number of hydrogen-bond acceptors (Lipinski definition) is 5. The lowest BCUT2D eigenvalue weighted by molar-refractivity contribution is 0.0941. The molecule has 1 saturated carbocycles. The van der Waals surface area contributed by atoms with Crippen molar-refractivity contribution < 1.29 is 4.79 Å². The minimum absolute atomic E-state index is 0.151. The summed E-state index contributed by atoms with van der Waals surface area (Å²) in [5.41, 5.74) is 8.56. The zero-order chi connectivity index (χ0) is 21.8. The molecular weight excluding hydrogens is 386 g/mol. The molecule has 2 heterocycles. The fourth-order valence-electron chi connectivity index (χ4n) is 5.06. The number of pyridine rings is 1. The van der Waals surface area contributed by atoms with Crippen LogP contribution in [0.2, 0.25) is 0 Å². The number of anilines is 1. The largest absolute Gasteiger partial charge is 0.356 e. The predicted octanol–water partition coefficient (Wildman–Crippen LogP) is 3.86. The molecule has 2 unspecified atom stereocenters. The summed E-state index contributed by atoms with van der Waals surface area (Å²) in [5.74, 6) is 0.634. The predicted molar refractivity (Wildman–Crippen MR) is 127 cm³/mol. The van der Waals surface area contributed by atoms with Crippen molar-refractivity contribution in [2.45, 2.75) is 83.5 Å². The second-order valence-electron chi connectivity index (χ2n) is 9.43. The van der Waals surface area contributed by atoms with Crippen LogP contribution in [0.1, 0.15) is 74.2 Å². The minimum atomic E-state index is -0.401.